The Kier molecular flexibility index (Phi) is 5.83. The van der Waals surface area contributed by atoms with Gasteiger partial charge in [0.15, 0.2) is 11.6 Å². The molecule has 3 aromatic rings. The average Bonchev–Trinajstić information content (AvgIpc) is 3.07. The van der Waals surface area contributed by atoms with Gasteiger partial charge in [0.05, 0.1) is 5.71 Å². The zero-order valence-corrected chi connectivity index (χ0v) is 13.7. The predicted molar refractivity (Wildman–Crippen MR) is 88.2 cm³/mol. The van der Waals surface area contributed by atoms with Gasteiger partial charge in [0, 0.05) is 5.56 Å². The molecule has 6 nitrogen and oxygen atoms in total. The van der Waals surface area contributed by atoms with Crippen LogP contribution < -0.4 is 0 Å². The van der Waals surface area contributed by atoms with E-state index in [4.69, 9.17) is 9.94 Å². The van der Waals surface area contributed by atoms with Crippen LogP contribution in [0.3, 0.4) is 0 Å². The van der Waals surface area contributed by atoms with Crippen LogP contribution in [0.5, 0.6) is 5.75 Å². The van der Waals surface area contributed by atoms with Crippen LogP contribution in [-0.4, -0.2) is 21.1 Å². The third kappa shape index (κ3) is 4.07. The molecule has 0 atom stereocenters. The van der Waals surface area contributed by atoms with Gasteiger partial charge in [-0.25, -0.2) is 9.02 Å². The summed E-state index contributed by atoms with van der Waals surface area (Å²) in [5, 5.41) is 20.5. The van der Waals surface area contributed by atoms with Crippen LogP contribution >= 0.6 is 0 Å². The van der Waals surface area contributed by atoms with E-state index in [0.717, 1.165) is 5.56 Å². The number of nitrogens with zero attached hydrogens (tertiary/aromatic N) is 3. The van der Waals surface area contributed by atoms with Gasteiger partial charge in [-0.3, -0.25) is 0 Å². The molecule has 0 amide bonds. The van der Waals surface area contributed by atoms with Crippen LogP contribution in [0.15, 0.2) is 46.2 Å². The number of halogens is 1. The number of aromatic hydroxyl groups is 1. The molecule has 0 fully saturated rings. The summed E-state index contributed by atoms with van der Waals surface area (Å²) in [6.45, 7) is 5.93. The van der Waals surface area contributed by atoms with E-state index >= 15 is 0 Å². The molecule has 24 heavy (non-hydrogen) atoms. The molecule has 2 aromatic carbocycles. The molecule has 0 aliphatic heterocycles. The van der Waals surface area contributed by atoms with E-state index in [1.165, 1.54) is 12.1 Å². The predicted octanol–water partition coefficient (Wildman–Crippen LogP) is 4.03. The van der Waals surface area contributed by atoms with Gasteiger partial charge in [-0.05, 0) is 53.1 Å². The SMILES string of the molecule is C/C(=N\OCc1ccc2nonc2c1)c1ccc(O)c(F)c1.CC. The maximum absolute atomic E-state index is 13.3. The lowest BCUT2D eigenvalue weighted by molar-refractivity contribution is 0.130. The first kappa shape index (κ1) is 17.4. The molecule has 0 bridgehead atoms. The molecule has 0 spiro atoms. The maximum atomic E-state index is 13.3. The molecule has 126 valence electrons. The quantitative estimate of drug-likeness (QED) is 0.576. The summed E-state index contributed by atoms with van der Waals surface area (Å²) >= 11 is 0. The fourth-order valence-electron chi connectivity index (χ4n) is 1.91. The van der Waals surface area contributed by atoms with Crippen molar-refractivity contribution in [2.24, 2.45) is 5.16 Å². The zero-order valence-electron chi connectivity index (χ0n) is 13.7. The number of phenolic OH excluding ortho intramolecular Hbond substituents is 1. The molecule has 0 saturated carbocycles. The van der Waals surface area contributed by atoms with Crippen LogP contribution in [0.1, 0.15) is 31.9 Å². The molecule has 3 rings (SSSR count). The Bertz CT molecular complexity index is 846. The summed E-state index contributed by atoms with van der Waals surface area (Å²) in [5.74, 6) is -1.09. The first-order valence-electron chi connectivity index (χ1n) is 7.50. The molecule has 1 heterocycles. The van der Waals surface area contributed by atoms with Gasteiger partial charge in [-0.15, -0.1) is 0 Å². The molecular weight excluding hydrogens is 313 g/mol. The van der Waals surface area contributed by atoms with Gasteiger partial charge in [-0.2, -0.15) is 0 Å². The highest BCUT2D eigenvalue weighted by Crippen LogP contribution is 2.17. The first-order valence-corrected chi connectivity index (χ1v) is 7.50. The molecular formula is C17H18FN3O3. The number of hydrogen-bond donors (Lipinski definition) is 1. The fourth-order valence-corrected chi connectivity index (χ4v) is 1.91. The lowest BCUT2D eigenvalue weighted by Crippen LogP contribution is -1.97. The van der Waals surface area contributed by atoms with E-state index in [9.17, 15) is 4.39 Å². The Balaban J connectivity index is 0.00000100. The first-order chi connectivity index (χ1) is 11.6. The molecule has 0 saturated heterocycles. The lowest BCUT2D eigenvalue weighted by Gasteiger charge is -2.04. The van der Waals surface area contributed by atoms with E-state index in [1.54, 1.807) is 25.1 Å². The van der Waals surface area contributed by atoms with Crippen LogP contribution in [0.2, 0.25) is 0 Å². The Labute approximate surface area is 138 Å². The molecule has 0 aliphatic carbocycles. The topological polar surface area (TPSA) is 80.7 Å². The van der Waals surface area contributed by atoms with E-state index in [-0.39, 0.29) is 6.61 Å². The van der Waals surface area contributed by atoms with Crippen molar-refractivity contribution in [1.29, 1.82) is 0 Å². The van der Waals surface area contributed by atoms with Crippen molar-refractivity contribution in [2.75, 3.05) is 0 Å². The number of benzene rings is 2. The van der Waals surface area contributed by atoms with Crippen molar-refractivity contribution in [3.05, 3.63) is 53.3 Å². The highest BCUT2D eigenvalue weighted by atomic mass is 19.1. The minimum Gasteiger partial charge on any atom is -0.505 e. The van der Waals surface area contributed by atoms with E-state index < -0.39 is 11.6 Å². The molecule has 0 radical (unpaired) electrons. The number of hydrogen-bond acceptors (Lipinski definition) is 6. The van der Waals surface area contributed by atoms with Gasteiger partial charge in [0.25, 0.3) is 0 Å². The Morgan fingerprint density at radius 3 is 2.67 bits per heavy atom. The highest BCUT2D eigenvalue weighted by Gasteiger charge is 2.05. The van der Waals surface area contributed by atoms with Crippen molar-refractivity contribution in [2.45, 2.75) is 27.4 Å². The average molecular weight is 331 g/mol. The minimum absolute atomic E-state index is 0.237. The smallest absolute Gasteiger partial charge is 0.165 e. The van der Waals surface area contributed by atoms with Crippen LogP contribution in [0.4, 0.5) is 4.39 Å². The van der Waals surface area contributed by atoms with E-state index in [1.807, 2.05) is 19.9 Å². The zero-order chi connectivity index (χ0) is 17.5. The summed E-state index contributed by atoms with van der Waals surface area (Å²) in [6.07, 6.45) is 0. The van der Waals surface area contributed by atoms with Crippen molar-refractivity contribution >= 4 is 16.7 Å². The summed E-state index contributed by atoms with van der Waals surface area (Å²) < 4.78 is 17.9. The third-order valence-corrected chi connectivity index (χ3v) is 3.12. The van der Waals surface area contributed by atoms with Gasteiger partial charge >= 0.3 is 0 Å². The highest BCUT2D eigenvalue weighted by molar-refractivity contribution is 5.98. The normalized spacial score (nSPS) is 11.1. The standard InChI is InChI=1S/C15H12FN3O3.C2H6/c1-9(11-3-5-15(20)12(16)7-11)17-21-8-10-2-4-13-14(6-10)19-22-18-13;1-2/h2-7,20H,8H2,1H3;1-2H3/b17-9+;. The van der Waals surface area contributed by atoms with Gasteiger partial charge in [-0.1, -0.05) is 25.1 Å². The van der Waals surface area contributed by atoms with Crippen molar-refractivity contribution < 1.29 is 19.0 Å². The minimum atomic E-state index is -0.698. The van der Waals surface area contributed by atoms with Gasteiger partial charge < -0.3 is 9.94 Å². The molecule has 0 aliphatic rings. The van der Waals surface area contributed by atoms with Crippen molar-refractivity contribution in [1.82, 2.24) is 10.3 Å². The van der Waals surface area contributed by atoms with Crippen LogP contribution in [-0.2, 0) is 11.4 Å². The Hall–Kier alpha value is -2.96. The van der Waals surface area contributed by atoms with Crippen molar-refractivity contribution in [3.8, 4) is 5.75 Å². The number of oxime groups is 1. The van der Waals surface area contributed by atoms with E-state index in [2.05, 4.69) is 20.1 Å². The monoisotopic (exact) mass is 331 g/mol. The van der Waals surface area contributed by atoms with Gasteiger partial charge in [0.1, 0.15) is 17.6 Å². The van der Waals surface area contributed by atoms with Crippen LogP contribution in [0, 0.1) is 5.82 Å². The summed E-state index contributed by atoms with van der Waals surface area (Å²) in [5.41, 5.74) is 3.21. The molecule has 0 unspecified atom stereocenters. The number of aromatic nitrogens is 2. The largest absolute Gasteiger partial charge is 0.505 e. The van der Waals surface area contributed by atoms with Gasteiger partial charge in [0.2, 0.25) is 0 Å². The second-order valence-corrected chi connectivity index (χ2v) is 4.70. The fraction of sp³-hybridized carbons (Fsp3) is 0.235. The lowest BCUT2D eigenvalue weighted by atomic mass is 10.1. The summed E-state index contributed by atoms with van der Waals surface area (Å²) in [4.78, 5) is 5.26. The number of fused-ring (bicyclic) bond motifs is 1. The molecule has 1 aromatic heterocycles. The number of rotatable bonds is 4. The summed E-state index contributed by atoms with van der Waals surface area (Å²) in [6, 6.07) is 9.43. The maximum Gasteiger partial charge on any atom is 0.165 e. The molecule has 1 N–H and O–H groups in total. The third-order valence-electron chi connectivity index (χ3n) is 3.12. The van der Waals surface area contributed by atoms with Crippen molar-refractivity contribution in [3.63, 3.8) is 0 Å². The summed E-state index contributed by atoms with van der Waals surface area (Å²) in [7, 11) is 0. The van der Waals surface area contributed by atoms with Crippen LogP contribution in [0.25, 0.3) is 11.0 Å². The molecule has 7 heteroatoms. The second kappa shape index (κ2) is 8.05. The van der Waals surface area contributed by atoms with E-state index in [0.29, 0.717) is 22.3 Å². The second-order valence-electron chi connectivity index (χ2n) is 4.70. The Morgan fingerprint density at radius 1 is 1.17 bits per heavy atom. The Morgan fingerprint density at radius 2 is 1.92 bits per heavy atom. The number of phenols is 1.